The predicted octanol–water partition coefficient (Wildman–Crippen LogP) is 0.279. The summed E-state index contributed by atoms with van der Waals surface area (Å²) < 4.78 is 5.66. The van der Waals surface area contributed by atoms with E-state index in [4.69, 9.17) is 9.84 Å². The molecule has 2 N–H and O–H groups in total. The molecule has 0 aliphatic rings. The van der Waals surface area contributed by atoms with Crippen molar-refractivity contribution in [1.29, 1.82) is 0 Å². The summed E-state index contributed by atoms with van der Waals surface area (Å²) in [7, 11) is 5.38. The van der Waals surface area contributed by atoms with Crippen molar-refractivity contribution >= 4 is 5.97 Å². The Bertz CT molecular complexity index is 210. The minimum absolute atomic E-state index is 0.101. The molecule has 0 aliphatic heterocycles. The second-order valence-corrected chi connectivity index (χ2v) is 4.85. The van der Waals surface area contributed by atoms with Gasteiger partial charge in [0, 0.05) is 0 Å². The molecule has 1 unspecified atom stereocenters. The molecule has 90 valence electrons. The minimum atomic E-state index is -0.965. The van der Waals surface area contributed by atoms with Crippen molar-refractivity contribution < 1.29 is 24.2 Å². The number of carboxylic acids is 1. The van der Waals surface area contributed by atoms with E-state index in [2.05, 4.69) is 0 Å². The van der Waals surface area contributed by atoms with E-state index in [-0.39, 0.29) is 17.0 Å². The van der Waals surface area contributed by atoms with Crippen molar-refractivity contribution in [1.82, 2.24) is 0 Å². The number of hydrogen-bond acceptors (Lipinski definition) is 3. The molecule has 0 aliphatic carbocycles. The van der Waals surface area contributed by atoms with Crippen LogP contribution in [-0.4, -0.2) is 60.2 Å². The van der Waals surface area contributed by atoms with Crippen LogP contribution in [-0.2, 0) is 9.53 Å². The van der Waals surface area contributed by atoms with E-state index in [9.17, 15) is 9.90 Å². The van der Waals surface area contributed by atoms with Crippen molar-refractivity contribution in [3.8, 4) is 0 Å². The number of quaternary nitrogens is 1. The standard InChI is InChI=1S/C10H21NO4/c1-7(2)15-8(6-9(12)13)10(14)11(3,4)5/h7-8,10,14H,6H2,1-5H3/p+1/t8-,10?/m1/s1. The Hall–Kier alpha value is -0.650. The predicted molar refractivity (Wildman–Crippen MR) is 56.3 cm³/mol. The topological polar surface area (TPSA) is 66.8 Å². The first-order valence-electron chi connectivity index (χ1n) is 5.01. The molecule has 0 spiro atoms. The fourth-order valence-corrected chi connectivity index (χ4v) is 1.24. The SMILES string of the molecule is CC(C)O[C@H](CC(=O)O)C(O)[N+](C)(C)C. The smallest absolute Gasteiger partial charge is 0.306 e. The van der Waals surface area contributed by atoms with E-state index in [1.54, 1.807) is 21.1 Å². The monoisotopic (exact) mass is 220 g/mol. The van der Waals surface area contributed by atoms with Gasteiger partial charge in [-0.1, -0.05) is 0 Å². The molecule has 0 aromatic rings. The van der Waals surface area contributed by atoms with Crippen molar-refractivity contribution in [2.75, 3.05) is 21.1 Å². The number of likely N-dealkylation sites (N-methyl/N-ethyl adjacent to an activating group) is 1. The Kier molecular flexibility index (Phi) is 5.20. The number of aliphatic hydroxyl groups is 1. The summed E-state index contributed by atoms with van der Waals surface area (Å²) in [4.78, 5) is 10.6. The Labute approximate surface area is 90.9 Å². The van der Waals surface area contributed by atoms with Crippen LogP contribution in [0.5, 0.6) is 0 Å². The molecule has 0 saturated carbocycles. The van der Waals surface area contributed by atoms with Gasteiger partial charge in [-0.25, -0.2) is 0 Å². The van der Waals surface area contributed by atoms with Crippen molar-refractivity contribution in [3.05, 3.63) is 0 Å². The Morgan fingerprint density at radius 1 is 1.33 bits per heavy atom. The number of aliphatic carboxylic acids is 1. The third kappa shape index (κ3) is 5.71. The van der Waals surface area contributed by atoms with Gasteiger partial charge in [0.1, 0.15) is 6.10 Å². The number of carbonyl (C=O) groups is 1. The minimum Gasteiger partial charge on any atom is -0.481 e. The van der Waals surface area contributed by atoms with Gasteiger partial charge < -0.3 is 19.4 Å². The highest BCUT2D eigenvalue weighted by Crippen LogP contribution is 2.14. The lowest BCUT2D eigenvalue weighted by atomic mass is 10.2. The fourth-order valence-electron chi connectivity index (χ4n) is 1.24. The number of aliphatic hydroxyl groups excluding tert-OH is 1. The number of rotatable bonds is 6. The van der Waals surface area contributed by atoms with Gasteiger partial charge in [-0.3, -0.25) is 4.79 Å². The lowest BCUT2D eigenvalue weighted by molar-refractivity contribution is -0.923. The molecule has 0 bridgehead atoms. The van der Waals surface area contributed by atoms with Crippen LogP contribution in [0.15, 0.2) is 0 Å². The summed E-state index contributed by atoms with van der Waals surface area (Å²) in [6.07, 6.45) is -1.81. The van der Waals surface area contributed by atoms with Crippen LogP contribution in [0.3, 0.4) is 0 Å². The average molecular weight is 220 g/mol. The number of nitrogens with zero attached hydrogens (tertiary/aromatic N) is 1. The zero-order valence-corrected chi connectivity index (χ0v) is 10.1. The van der Waals surface area contributed by atoms with Crippen LogP contribution < -0.4 is 0 Å². The molecule has 0 rings (SSSR count). The Balaban J connectivity index is 4.54. The van der Waals surface area contributed by atoms with Gasteiger partial charge in [0.15, 0.2) is 0 Å². The van der Waals surface area contributed by atoms with Gasteiger partial charge in [0.05, 0.1) is 33.7 Å². The lowest BCUT2D eigenvalue weighted by Crippen LogP contribution is -2.53. The molecule has 0 radical (unpaired) electrons. The molecule has 0 aromatic heterocycles. The zero-order chi connectivity index (χ0) is 12.2. The number of carboxylic acid groups (broad SMARTS) is 1. The van der Waals surface area contributed by atoms with Crippen LogP contribution in [0.25, 0.3) is 0 Å². The summed E-state index contributed by atoms with van der Waals surface area (Å²) in [6.45, 7) is 3.63. The maximum Gasteiger partial charge on any atom is 0.306 e. The number of ether oxygens (including phenoxy) is 1. The summed E-state index contributed by atoms with van der Waals surface area (Å²) in [5, 5.41) is 18.6. The average Bonchev–Trinajstić information content (AvgIpc) is 1.98. The second kappa shape index (κ2) is 5.44. The molecule has 0 aromatic carbocycles. The largest absolute Gasteiger partial charge is 0.481 e. The highest BCUT2D eigenvalue weighted by atomic mass is 16.5. The van der Waals surface area contributed by atoms with E-state index in [1.807, 2.05) is 13.8 Å². The quantitative estimate of drug-likeness (QED) is 0.498. The van der Waals surface area contributed by atoms with Gasteiger partial charge >= 0.3 is 5.97 Å². The Morgan fingerprint density at radius 2 is 1.80 bits per heavy atom. The van der Waals surface area contributed by atoms with Crippen LogP contribution >= 0.6 is 0 Å². The first-order chi connectivity index (χ1) is 6.64. The van der Waals surface area contributed by atoms with Gasteiger partial charge in [-0.15, -0.1) is 0 Å². The first-order valence-corrected chi connectivity index (χ1v) is 5.01. The van der Waals surface area contributed by atoms with E-state index in [0.717, 1.165) is 0 Å². The highest BCUT2D eigenvalue weighted by Gasteiger charge is 2.33. The maximum atomic E-state index is 10.6. The third-order valence-electron chi connectivity index (χ3n) is 1.95. The molecular formula is C10H22NO4+. The van der Waals surface area contributed by atoms with E-state index in [0.29, 0.717) is 0 Å². The molecule has 0 heterocycles. The normalized spacial score (nSPS) is 16.5. The number of hydrogen-bond donors (Lipinski definition) is 2. The zero-order valence-electron chi connectivity index (χ0n) is 10.1. The molecule has 5 nitrogen and oxygen atoms in total. The van der Waals surface area contributed by atoms with Crippen LogP contribution in [0, 0.1) is 0 Å². The fraction of sp³-hybridized carbons (Fsp3) is 0.900. The van der Waals surface area contributed by atoms with Crippen molar-refractivity contribution in [2.45, 2.75) is 38.7 Å². The van der Waals surface area contributed by atoms with Crippen LogP contribution in [0.2, 0.25) is 0 Å². The van der Waals surface area contributed by atoms with Gasteiger partial charge in [0.25, 0.3) is 0 Å². The summed E-state index contributed by atoms with van der Waals surface area (Å²) in [5.41, 5.74) is 0. The summed E-state index contributed by atoms with van der Waals surface area (Å²) >= 11 is 0. The Morgan fingerprint density at radius 3 is 2.07 bits per heavy atom. The molecule has 5 heteroatoms. The first kappa shape index (κ1) is 14.3. The van der Waals surface area contributed by atoms with Gasteiger partial charge in [-0.2, -0.15) is 0 Å². The molecule has 0 amide bonds. The summed E-state index contributed by atoms with van der Waals surface area (Å²) in [5.74, 6) is -0.965. The van der Waals surface area contributed by atoms with E-state index in [1.165, 1.54) is 0 Å². The van der Waals surface area contributed by atoms with Crippen LogP contribution in [0.4, 0.5) is 0 Å². The molecule has 15 heavy (non-hydrogen) atoms. The van der Waals surface area contributed by atoms with Crippen molar-refractivity contribution in [3.63, 3.8) is 0 Å². The molecular weight excluding hydrogens is 198 g/mol. The van der Waals surface area contributed by atoms with E-state index >= 15 is 0 Å². The maximum absolute atomic E-state index is 10.6. The highest BCUT2D eigenvalue weighted by molar-refractivity contribution is 5.67. The van der Waals surface area contributed by atoms with Gasteiger partial charge in [-0.05, 0) is 13.8 Å². The second-order valence-electron chi connectivity index (χ2n) is 4.85. The van der Waals surface area contributed by atoms with E-state index < -0.39 is 18.3 Å². The molecule has 0 saturated heterocycles. The molecule has 0 fully saturated rings. The van der Waals surface area contributed by atoms with Gasteiger partial charge in [0.2, 0.25) is 6.23 Å². The van der Waals surface area contributed by atoms with Crippen molar-refractivity contribution in [2.24, 2.45) is 0 Å². The lowest BCUT2D eigenvalue weighted by Gasteiger charge is -2.35. The van der Waals surface area contributed by atoms with Crippen LogP contribution in [0.1, 0.15) is 20.3 Å². The summed E-state index contributed by atoms with van der Waals surface area (Å²) in [6, 6.07) is 0. The molecule has 2 atom stereocenters. The third-order valence-corrected chi connectivity index (χ3v) is 1.95.